The number of hydrogen-bond donors (Lipinski definition) is 0. The molecule has 0 unspecified atom stereocenters. The van der Waals surface area contributed by atoms with Crippen LogP contribution in [0.1, 0.15) is 25.0 Å². The Labute approximate surface area is 285 Å². The smallest absolute Gasteiger partial charge is 0.159 e. The fraction of sp³-hybridized carbons (Fsp3) is 0.0638. The third-order valence-corrected chi connectivity index (χ3v) is 10.7. The average Bonchev–Trinajstić information content (AvgIpc) is 3.65. The van der Waals surface area contributed by atoms with Gasteiger partial charge in [-0.25, -0.2) is 0 Å². The maximum absolute atomic E-state index is 6.65. The molecule has 1 aliphatic carbocycles. The summed E-state index contributed by atoms with van der Waals surface area (Å²) >= 11 is 0. The molecule has 1 heterocycles. The SMILES string of the molecule is CC1(C)c2ccccc2-c2ccc(-c3ccc(N(c4cc5ccccc5c5ccccc45)c4cccc5c4oc4ccccc45)cc3)cc21. The van der Waals surface area contributed by atoms with Gasteiger partial charge in [0.15, 0.2) is 5.58 Å². The van der Waals surface area contributed by atoms with E-state index in [2.05, 4.69) is 176 Å². The van der Waals surface area contributed by atoms with Crippen molar-refractivity contribution in [2.45, 2.75) is 19.3 Å². The summed E-state index contributed by atoms with van der Waals surface area (Å²) in [7, 11) is 0. The predicted molar refractivity (Wildman–Crippen MR) is 206 cm³/mol. The first-order chi connectivity index (χ1) is 24.1. The van der Waals surface area contributed by atoms with Crippen LogP contribution >= 0.6 is 0 Å². The minimum absolute atomic E-state index is 0.0406. The molecule has 0 saturated carbocycles. The highest BCUT2D eigenvalue weighted by molar-refractivity contribution is 6.16. The molecule has 1 aliphatic rings. The lowest BCUT2D eigenvalue weighted by Crippen LogP contribution is -2.14. The van der Waals surface area contributed by atoms with Crippen molar-refractivity contribution in [2.24, 2.45) is 0 Å². The van der Waals surface area contributed by atoms with Crippen molar-refractivity contribution in [1.82, 2.24) is 0 Å². The van der Waals surface area contributed by atoms with Gasteiger partial charge in [-0.3, -0.25) is 0 Å². The second kappa shape index (κ2) is 10.4. The topological polar surface area (TPSA) is 16.4 Å². The van der Waals surface area contributed by atoms with Gasteiger partial charge < -0.3 is 9.32 Å². The van der Waals surface area contributed by atoms with Gasteiger partial charge in [0.2, 0.25) is 0 Å². The van der Waals surface area contributed by atoms with E-state index in [1.54, 1.807) is 0 Å². The van der Waals surface area contributed by atoms with Crippen LogP contribution in [0, 0.1) is 0 Å². The molecular formula is C47H33NO. The summed E-state index contributed by atoms with van der Waals surface area (Å²) in [5.41, 5.74) is 12.8. The fourth-order valence-corrected chi connectivity index (χ4v) is 8.22. The van der Waals surface area contributed by atoms with Gasteiger partial charge in [-0.2, -0.15) is 0 Å². The van der Waals surface area contributed by atoms with E-state index >= 15 is 0 Å². The third kappa shape index (κ3) is 4.14. The van der Waals surface area contributed by atoms with Gasteiger partial charge in [0.05, 0.1) is 11.4 Å². The van der Waals surface area contributed by atoms with E-state index in [0.29, 0.717) is 0 Å². The molecule has 0 radical (unpaired) electrons. The molecule has 0 aliphatic heterocycles. The minimum Gasteiger partial charge on any atom is -0.454 e. The van der Waals surface area contributed by atoms with E-state index in [0.717, 1.165) is 39.0 Å². The van der Waals surface area contributed by atoms with E-state index in [-0.39, 0.29) is 5.41 Å². The standard InChI is InChI=1S/C47H33NO/c1-47(2)41-19-9-7-15-36(41)37-27-24-31(28-42(37)47)30-22-25-33(26-23-30)48(43-20-11-18-40-39-17-8-10-21-45(39)49-46(40)43)44-29-32-12-3-4-13-34(32)35-14-5-6-16-38(35)44/h3-29H,1-2H3. The highest BCUT2D eigenvalue weighted by Gasteiger charge is 2.35. The Balaban J connectivity index is 1.17. The van der Waals surface area contributed by atoms with Crippen LogP contribution in [0.15, 0.2) is 168 Å². The lowest BCUT2D eigenvalue weighted by molar-refractivity contribution is 0.660. The molecular weight excluding hydrogens is 595 g/mol. The van der Waals surface area contributed by atoms with E-state index in [9.17, 15) is 0 Å². The Morgan fingerprint density at radius 2 is 1.10 bits per heavy atom. The first-order valence-corrected chi connectivity index (χ1v) is 17.0. The Morgan fingerprint density at radius 1 is 0.449 bits per heavy atom. The lowest BCUT2D eigenvalue weighted by Gasteiger charge is -2.28. The molecule has 0 spiro atoms. The largest absolute Gasteiger partial charge is 0.454 e. The summed E-state index contributed by atoms with van der Waals surface area (Å²) in [6, 6.07) is 59.4. The first kappa shape index (κ1) is 27.9. The van der Waals surface area contributed by atoms with Gasteiger partial charge in [-0.05, 0) is 85.9 Å². The molecule has 232 valence electrons. The molecule has 49 heavy (non-hydrogen) atoms. The van der Waals surface area contributed by atoms with Gasteiger partial charge in [0.25, 0.3) is 0 Å². The monoisotopic (exact) mass is 627 g/mol. The quantitative estimate of drug-likeness (QED) is 0.181. The molecule has 0 bridgehead atoms. The summed E-state index contributed by atoms with van der Waals surface area (Å²) in [5, 5.41) is 7.12. The Hall–Kier alpha value is -6.12. The molecule has 1 aromatic heterocycles. The zero-order chi connectivity index (χ0) is 32.7. The number of hydrogen-bond acceptors (Lipinski definition) is 2. The third-order valence-electron chi connectivity index (χ3n) is 10.7. The van der Waals surface area contributed by atoms with E-state index in [4.69, 9.17) is 4.42 Å². The first-order valence-electron chi connectivity index (χ1n) is 17.0. The van der Waals surface area contributed by atoms with Crippen molar-refractivity contribution < 1.29 is 4.42 Å². The highest BCUT2D eigenvalue weighted by Crippen LogP contribution is 2.50. The number of para-hydroxylation sites is 2. The fourth-order valence-electron chi connectivity index (χ4n) is 8.22. The average molecular weight is 628 g/mol. The van der Waals surface area contributed by atoms with Crippen LogP contribution < -0.4 is 4.90 Å². The predicted octanol–water partition coefficient (Wildman–Crippen LogP) is 13.3. The van der Waals surface area contributed by atoms with Crippen molar-refractivity contribution in [3.63, 3.8) is 0 Å². The molecule has 0 N–H and O–H groups in total. The van der Waals surface area contributed by atoms with Crippen LogP contribution in [-0.2, 0) is 5.41 Å². The Bertz CT molecular complexity index is 2750. The second-order valence-electron chi connectivity index (χ2n) is 13.7. The van der Waals surface area contributed by atoms with Gasteiger partial charge in [-0.15, -0.1) is 0 Å². The van der Waals surface area contributed by atoms with Crippen molar-refractivity contribution in [1.29, 1.82) is 0 Å². The van der Waals surface area contributed by atoms with Gasteiger partial charge in [0.1, 0.15) is 5.58 Å². The maximum Gasteiger partial charge on any atom is 0.159 e. The molecule has 0 saturated heterocycles. The molecule has 0 amide bonds. The summed E-state index contributed by atoms with van der Waals surface area (Å²) in [4.78, 5) is 2.38. The molecule has 0 fully saturated rings. The number of rotatable bonds is 4. The van der Waals surface area contributed by atoms with Crippen molar-refractivity contribution in [3.8, 4) is 22.3 Å². The molecule has 10 rings (SSSR count). The molecule has 2 heteroatoms. The summed E-state index contributed by atoms with van der Waals surface area (Å²) in [6.07, 6.45) is 0. The molecule has 0 atom stereocenters. The van der Waals surface area contributed by atoms with Crippen LogP contribution in [0.5, 0.6) is 0 Å². The zero-order valence-electron chi connectivity index (χ0n) is 27.4. The Kier molecular flexibility index (Phi) is 5.95. The molecule has 2 nitrogen and oxygen atoms in total. The van der Waals surface area contributed by atoms with Crippen LogP contribution in [0.2, 0.25) is 0 Å². The number of fused-ring (bicyclic) bond motifs is 9. The minimum atomic E-state index is -0.0406. The molecule has 9 aromatic rings. The van der Waals surface area contributed by atoms with E-state index in [1.165, 1.54) is 54.9 Å². The van der Waals surface area contributed by atoms with Crippen molar-refractivity contribution in [3.05, 3.63) is 175 Å². The summed E-state index contributed by atoms with van der Waals surface area (Å²) < 4.78 is 6.65. The van der Waals surface area contributed by atoms with Gasteiger partial charge in [-0.1, -0.05) is 141 Å². The number of furan rings is 1. The molecule has 8 aromatic carbocycles. The van der Waals surface area contributed by atoms with Crippen LogP contribution in [0.4, 0.5) is 17.1 Å². The van der Waals surface area contributed by atoms with Crippen LogP contribution in [0.3, 0.4) is 0 Å². The normalized spacial score (nSPS) is 13.3. The van der Waals surface area contributed by atoms with Crippen LogP contribution in [0.25, 0.3) is 65.7 Å². The summed E-state index contributed by atoms with van der Waals surface area (Å²) in [5.74, 6) is 0. The second-order valence-corrected chi connectivity index (χ2v) is 13.7. The van der Waals surface area contributed by atoms with E-state index < -0.39 is 0 Å². The zero-order valence-corrected chi connectivity index (χ0v) is 27.4. The van der Waals surface area contributed by atoms with Gasteiger partial charge >= 0.3 is 0 Å². The maximum atomic E-state index is 6.65. The lowest BCUT2D eigenvalue weighted by atomic mass is 9.81. The number of benzene rings is 8. The highest BCUT2D eigenvalue weighted by atomic mass is 16.3. The van der Waals surface area contributed by atoms with Crippen molar-refractivity contribution in [2.75, 3.05) is 4.90 Å². The van der Waals surface area contributed by atoms with Crippen molar-refractivity contribution >= 4 is 60.5 Å². The van der Waals surface area contributed by atoms with Gasteiger partial charge in [0, 0.05) is 27.3 Å². The van der Waals surface area contributed by atoms with E-state index in [1.807, 2.05) is 6.07 Å². The number of nitrogens with zero attached hydrogens (tertiary/aromatic N) is 1. The Morgan fingerprint density at radius 3 is 1.96 bits per heavy atom. The van der Waals surface area contributed by atoms with Crippen LogP contribution in [-0.4, -0.2) is 0 Å². The number of anilines is 3. The summed E-state index contributed by atoms with van der Waals surface area (Å²) in [6.45, 7) is 4.68.